The number of carbonyl (C=O) groups is 1. The van der Waals surface area contributed by atoms with Crippen LogP contribution < -0.4 is 0 Å². The Hall–Kier alpha value is -1.25. The molecule has 60 valence electrons. The number of nitrogens with zero attached hydrogens (tertiary/aromatic N) is 1. The second-order valence-electron chi connectivity index (χ2n) is 2.59. The number of aliphatic carboxylic acids is 1. The van der Waals surface area contributed by atoms with E-state index in [2.05, 4.69) is 0 Å². The Kier molecular flexibility index (Phi) is 2.31. The molecule has 0 saturated heterocycles. The molecule has 0 amide bonds. The topological polar surface area (TPSA) is 40.5 Å². The molecule has 3 nitrogen and oxygen atoms in total. The van der Waals surface area contributed by atoms with Crippen LogP contribution in [0.5, 0.6) is 0 Å². The van der Waals surface area contributed by atoms with Crippen LogP contribution in [0.15, 0.2) is 23.9 Å². The minimum Gasteiger partial charge on any atom is -0.480 e. The van der Waals surface area contributed by atoms with E-state index in [4.69, 9.17) is 5.11 Å². The van der Waals surface area contributed by atoms with Gasteiger partial charge in [0, 0.05) is 12.7 Å². The number of hydrogen-bond acceptors (Lipinski definition) is 2. The largest absolute Gasteiger partial charge is 0.480 e. The molecule has 1 rings (SSSR count). The third-order valence-corrected chi connectivity index (χ3v) is 1.53. The molecular weight excluding hydrogens is 142 g/mol. The van der Waals surface area contributed by atoms with Gasteiger partial charge in [0.1, 0.15) is 6.54 Å². The summed E-state index contributed by atoms with van der Waals surface area (Å²) in [7, 11) is 0. The van der Waals surface area contributed by atoms with Crippen LogP contribution in [0.2, 0.25) is 0 Å². The summed E-state index contributed by atoms with van der Waals surface area (Å²) in [6.07, 6.45) is 5.72. The van der Waals surface area contributed by atoms with E-state index >= 15 is 0 Å². The molecule has 1 N–H and O–H groups in total. The molecule has 0 aliphatic carbocycles. The Morgan fingerprint density at radius 2 is 2.55 bits per heavy atom. The number of allylic oxidation sites excluding steroid dienone is 2. The van der Waals surface area contributed by atoms with E-state index in [1.165, 1.54) is 5.57 Å². The molecule has 0 aromatic heterocycles. The van der Waals surface area contributed by atoms with E-state index in [-0.39, 0.29) is 6.54 Å². The lowest BCUT2D eigenvalue weighted by Gasteiger charge is -2.18. The fourth-order valence-corrected chi connectivity index (χ4v) is 0.904. The molecule has 11 heavy (non-hydrogen) atoms. The van der Waals surface area contributed by atoms with Crippen molar-refractivity contribution in [3.05, 3.63) is 23.9 Å². The molecule has 1 aliphatic rings. The molecule has 0 aromatic rings. The fraction of sp³-hybridized carbons (Fsp3) is 0.375. The van der Waals surface area contributed by atoms with E-state index in [0.29, 0.717) is 6.54 Å². The summed E-state index contributed by atoms with van der Waals surface area (Å²) < 4.78 is 0. The van der Waals surface area contributed by atoms with Crippen LogP contribution in [-0.2, 0) is 4.79 Å². The highest BCUT2D eigenvalue weighted by molar-refractivity contribution is 5.69. The zero-order chi connectivity index (χ0) is 8.27. The lowest BCUT2D eigenvalue weighted by Crippen LogP contribution is -2.26. The van der Waals surface area contributed by atoms with Crippen molar-refractivity contribution < 1.29 is 9.90 Å². The molecule has 0 unspecified atom stereocenters. The first-order valence-electron chi connectivity index (χ1n) is 3.49. The van der Waals surface area contributed by atoms with Crippen molar-refractivity contribution in [2.24, 2.45) is 0 Å². The van der Waals surface area contributed by atoms with Crippen LogP contribution in [0.3, 0.4) is 0 Å². The molecule has 0 spiro atoms. The van der Waals surface area contributed by atoms with Crippen molar-refractivity contribution in [2.45, 2.75) is 6.92 Å². The number of rotatable bonds is 2. The van der Waals surface area contributed by atoms with E-state index in [1.54, 1.807) is 4.90 Å². The molecule has 0 bridgehead atoms. The van der Waals surface area contributed by atoms with E-state index in [0.717, 1.165) is 0 Å². The van der Waals surface area contributed by atoms with Crippen molar-refractivity contribution in [2.75, 3.05) is 13.1 Å². The van der Waals surface area contributed by atoms with E-state index < -0.39 is 5.97 Å². The Morgan fingerprint density at radius 3 is 3.00 bits per heavy atom. The van der Waals surface area contributed by atoms with Crippen molar-refractivity contribution in [3.63, 3.8) is 0 Å². The quantitative estimate of drug-likeness (QED) is 0.639. The highest BCUT2D eigenvalue weighted by atomic mass is 16.4. The van der Waals surface area contributed by atoms with Gasteiger partial charge in [0.15, 0.2) is 0 Å². The third-order valence-electron chi connectivity index (χ3n) is 1.53. The lowest BCUT2D eigenvalue weighted by molar-refractivity contribution is -0.137. The maximum Gasteiger partial charge on any atom is 0.323 e. The summed E-state index contributed by atoms with van der Waals surface area (Å²) in [5.74, 6) is -0.789. The highest BCUT2D eigenvalue weighted by Crippen LogP contribution is 2.04. The molecule has 0 aromatic carbocycles. The predicted octanol–water partition coefficient (Wildman–Crippen LogP) is 0.847. The van der Waals surface area contributed by atoms with Gasteiger partial charge in [0.2, 0.25) is 0 Å². The molecule has 0 saturated carbocycles. The summed E-state index contributed by atoms with van der Waals surface area (Å²) in [6.45, 7) is 2.78. The van der Waals surface area contributed by atoms with Gasteiger partial charge in [-0.2, -0.15) is 0 Å². The van der Waals surface area contributed by atoms with Gasteiger partial charge in [-0.1, -0.05) is 11.6 Å². The highest BCUT2D eigenvalue weighted by Gasteiger charge is 2.05. The second kappa shape index (κ2) is 3.23. The summed E-state index contributed by atoms with van der Waals surface area (Å²) in [5, 5.41) is 8.44. The third kappa shape index (κ3) is 2.45. The van der Waals surface area contributed by atoms with Gasteiger partial charge in [-0.3, -0.25) is 4.79 Å². The normalized spacial score (nSPS) is 16.5. The summed E-state index contributed by atoms with van der Waals surface area (Å²) >= 11 is 0. The molecule has 1 heterocycles. The molecule has 0 radical (unpaired) electrons. The second-order valence-corrected chi connectivity index (χ2v) is 2.59. The van der Waals surface area contributed by atoms with Crippen LogP contribution in [0.4, 0.5) is 0 Å². The van der Waals surface area contributed by atoms with E-state index in [1.807, 2.05) is 25.3 Å². The fourth-order valence-electron chi connectivity index (χ4n) is 0.904. The average Bonchev–Trinajstić information content (AvgIpc) is 1.93. The van der Waals surface area contributed by atoms with E-state index in [9.17, 15) is 4.79 Å². The predicted molar refractivity (Wildman–Crippen MR) is 42.1 cm³/mol. The Labute approximate surface area is 65.6 Å². The van der Waals surface area contributed by atoms with Gasteiger partial charge < -0.3 is 10.0 Å². The summed E-state index contributed by atoms with van der Waals surface area (Å²) in [4.78, 5) is 12.0. The zero-order valence-electron chi connectivity index (χ0n) is 6.45. The van der Waals surface area contributed by atoms with Gasteiger partial charge in [-0.25, -0.2) is 0 Å². The van der Waals surface area contributed by atoms with Gasteiger partial charge >= 0.3 is 5.97 Å². The standard InChI is InChI=1S/C8H11NO2/c1-7-2-4-9(5-3-7)6-8(10)11/h2-4H,5-6H2,1H3,(H,10,11). The maximum atomic E-state index is 10.3. The zero-order valence-corrected chi connectivity index (χ0v) is 6.45. The molecular formula is C8H11NO2. The Balaban J connectivity index is 2.43. The van der Waals surface area contributed by atoms with Gasteiger partial charge in [0.05, 0.1) is 0 Å². The van der Waals surface area contributed by atoms with Crippen molar-refractivity contribution >= 4 is 5.97 Å². The Morgan fingerprint density at radius 1 is 1.82 bits per heavy atom. The maximum absolute atomic E-state index is 10.3. The van der Waals surface area contributed by atoms with Gasteiger partial charge in [-0.15, -0.1) is 0 Å². The number of carboxylic acid groups (broad SMARTS) is 1. The smallest absolute Gasteiger partial charge is 0.323 e. The van der Waals surface area contributed by atoms with Crippen molar-refractivity contribution in [1.29, 1.82) is 0 Å². The van der Waals surface area contributed by atoms with Crippen molar-refractivity contribution in [1.82, 2.24) is 4.90 Å². The molecule has 1 aliphatic heterocycles. The van der Waals surface area contributed by atoms with Crippen LogP contribution >= 0.6 is 0 Å². The molecule has 3 heteroatoms. The SMILES string of the molecule is CC1=CCN(CC(=O)O)C=C1. The number of hydrogen-bond donors (Lipinski definition) is 1. The minimum absolute atomic E-state index is 0.0836. The molecule has 0 atom stereocenters. The first kappa shape index (κ1) is 7.85. The minimum atomic E-state index is -0.789. The number of carboxylic acids is 1. The van der Waals surface area contributed by atoms with Gasteiger partial charge in [-0.05, 0) is 13.0 Å². The summed E-state index contributed by atoms with van der Waals surface area (Å²) in [5.41, 5.74) is 1.19. The van der Waals surface area contributed by atoms with Crippen molar-refractivity contribution in [3.8, 4) is 0 Å². The lowest BCUT2D eigenvalue weighted by atomic mass is 10.2. The van der Waals surface area contributed by atoms with Crippen LogP contribution in [-0.4, -0.2) is 29.1 Å². The van der Waals surface area contributed by atoms with Crippen LogP contribution in [0.25, 0.3) is 0 Å². The first-order valence-corrected chi connectivity index (χ1v) is 3.49. The van der Waals surface area contributed by atoms with Gasteiger partial charge in [0.25, 0.3) is 0 Å². The first-order chi connectivity index (χ1) is 5.18. The van der Waals surface area contributed by atoms with Crippen LogP contribution in [0.1, 0.15) is 6.92 Å². The average molecular weight is 153 g/mol. The monoisotopic (exact) mass is 153 g/mol. The van der Waals surface area contributed by atoms with Crippen LogP contribution in [0, 0.1) is 0 Å². The molecule has 0 fully saturated rings. The summed E-state index contributed by atoms with van der Waals surface area (Å²) in [6, 6.07) is 0. The Bertz CT molecular complexity index is 218.